The quantitative estimate of drug-likeness (QED) is 0.330. The number of nitrogens with zero attached hydrogens (tertiary/aromatic N) is 1. The summed E-state index contributed by atoms with van der Waals surface area (Å²) in [6.45, 7) is 8.13. The number of aliphatic imine (C=N–C) groups is 1. The summed E-state index contributed by atoms with van der Waals surface area (Å²) in [6, 6.07) is 7.34. The van der Waals surface area contributed by atoms with Crippen molar-refractivity contribution in [1.82, 2.24) is 0 Å². The first-order valence-electron chi connectivity index (χ1n) is 6.47. The van der Waals surface area contributed by atoms with E-state index in [9.17, 15) is 5.11 Å². The van der Waals surface area contributed by atoms with E-state index in [1.54, 1.807) is 17.8 Å². The summed E-state index contributed by atoms with van der Waals surface area (Å²) in [5, 5.41) is 10.8. The second-order valence-corrected chi connectivity index (χ2v) is 5.14. The summed E-state index contributed by atoms with van der Waals surface area (Å²) in [5.41, 5.74) is 0.815. The average Bonchev–Trinajstić information content (AvgIpc) is 2.42. The maximum Gasteiger partial charge on any atom is 0.125 e. The van der Waals surface area contributed by atoms with Crippen LogP contribution in [0, 0.1) is 0 Å². The Kier molecular flexibility index (Phi) is 7.75. The smallest absolute Gasteiger partial charge is 0.125 e. The number of phenolic OH excluding ortho intramolecular Hbond substituents is 1. The van der Waals surface area contributed by atoms with Gasteiger partial charge >= 0.3 is 0 Å². The zero-order chi connectivity index (χ0) is 13.9. The number of unbranched alkanes of at least 4 members (excludes halogenated alkanes) is 1. The van der Waals surface area contributed by atoms with Crippen molar-refractivity contribution >= 4 is 16.8 Å². The molecule has 0 saturated heterocycles. The van der Waals surface area contributed by atoms with Crippen LogP contribution in [0.2, 0.25) is 0 Å². The van der Waals surface area contributed by atoms with Crippen molar-refractivity contribution in [2.75, 3.05) is 12.3 Å². The summed E-state index contributed by atoms with van der Waals surface area (Å²) < 4.78 is 0. The number of para-hydroxylation sites is 1. The van der Waals surface area contributed by atoms with Gasteiger partial charge in [0.05, 0.1) is 0 Å². The van der Waals surface area contributed by atoms with Gasteiger partial charge in [0.15, 0.2) is 0 Å². The highest BCUT2D eigenvalue weighted by Gasteiger charge is 2.08. The fourth-order valence-corrected chi connectivity index (χ4v) is 2.53. The number of phenols is 1. The van der Waals surface area contributed by atoms with E-state index in [0.29, 0.717) is 6.54 Å². The first-order valence-corrected chi connectivity index (χ1v) is 7.45. The minimum absolute atomic E-state index is 0.288. The summed E-state index contributed by atoms with van der Waals surface area (Å²) in [4.78, 5) is 4.56. The second-order valence-electron chi connectivity index (χ2n) is 4.06. The molecule has 3 heteroatoms. The number of hydrogen-bond acceptors (Lipinski definition) is 3. The maximum atomic E-state index is 9.91. The Labute approximate surface area is 120 Å². The molecule has 1 aromatic carbocycles. The molecule has 0 saturated carbocycles. The van der Waals surface area contributed by atoms with Crippen LogP contribution in [0.5, 0.6) is 5.75 Å². The Morgan fingerprint density at radius 3 is 2.63 bits per heavy atom. The van der Waals surface area contributed by atoms with Gasteiger partial charge in [0, 0.05) is 12.1 Å². The highest BCUT2D eigenvalue weighted by Crippen LogP contribution is 2.23. The predicted octanol–water partition coefficient (Wildman–Crippen LogP) is 4.41. The third-order valence-electron chi connectivity index (χ3n) is 2.51. The first-order chi connectivity index (χ1) is 9.29. The lowest BCUT2D eigenvalue weighted by molar-refractivity contribution is 0.474. The number of aromatic hydroxyl groups is 1. The molecular formula is C16H21NOS. The molecule has 2 nitrogen and oxygen atoms in total. The van der Waals surface area contributed by atoms with Gasteiger partial charge in [-0.2, -0.15) is 0 Å². The summed E-state index contributed by atoms with van der Waals surface area (Å²) in [6.07, 6.45) is 6.71. The van der Waals surface area contributed by atoms with Crippen LogP contribution in [0.15, 0.2) is 54.6 Å². The van der Waals surface area contributed by atoms with E-state index in [4.69, 9.17) is 0 Å². The lowest BCUT2D eigenvalue weighted by Crippen LogP contribution is -1.99. The van der Waals surface area contributed by atoms with Crippen molar-refractivity contribution < 1.29 is 5.11 Å². The highest BCUT2D eigenvalue weighted by molar-refractivity contribution is 8.14. The zero-order valence-corrected chi connectivity index (χ0v) is 12.0. The van der Waals surface area contributed by atoms with E-state index in [-0.39, 0.29) is 5.75 Å². The van der Waals surface area contributed by atoms with Gasteiger partial charge in [-0.3, -0.25) is 4.99 Å². The Morgan fingerprint density at radius 1 is 1.21 bits per heavy atom. The number of hydrogen-bond donors (Lipinski definition) is 1. The molecule has 0 spiro atoms. The molecule has 0 unspecified atom stereocenters. The van der Waals surface area contributed by atoms with Gasteiger partial charge in [0.1, 0.15) is 10.8 Å². The number of thioether (sulfide) groups is 1. The Bertz CT molecular complexity index is 440. The van der Waals surface area contributed by atoms with Gasteiger partial charge in [-0.1, -0.05) is 24.3 Å². The van der Waals surface area contributed by atoms with Crippen molar-refractivity contribution in [2.24, 2.45) is 4.99 Å². The van der Waals surface area contributed by atoms with E-state index < -0.39 is 0 Å². The number of rotatable bonds is 8. The normalized spacial score (nSPS) is 11.3. The molecule has 0 heterocycles. The average molecular weight is 275 g/mol. The van der Waals surface area contributed by atoms with Gasteiger partial charge < -0.3 is 5.11 Å². The maximum absolute atomic E-state index is 9.91. The Balaban J connectivity index is 2.74. The monoisotopic (exact) mass is 275 g/mol. The van der Waals surface area contributed by atoms with E-state index in [2.05, 4.69) is 18.2 Å². The molecule has 0 bridgehead atoms. The molecule has 0 amide bonds. The molecule has 0 atom stereocenters. The van der Waals surface area contributed by atoms with Gasteiger partial charge in [-0.05, 0) is 37.1 Å². The SMILES string of the molecule is C=CCCCSC(=NCCC=C)c1ccccc1O. The van der Waals surface area contributed by atoms with Crippen LogP contribution in [0.4, 0.5) is 0 Å². The first kappa shape index (κ1) is 15.6. The minimum Gasteiger partial charge on any atom is -0.507 e. The summed E-state index contributed by atoms with van der Waals surface area (Å²) >= 11 is 1.69. The van der Waals surface area contributed by atoms with Gasteiger partial charge in [0.2, 0.25) is 0 Å². The van der Waals surface area contributed by atoms with E-state index in [0.717, 1.165) is 35.6 Å². The summed E-state index contributed by atoms with van der Waals surface area (Å²) in [7, 11) is 0. The fraction of sp³-hybridized carbons (Fsp3) is 0.312. The van der Waals surface area contributed by atoms with Gasteiger partial charge in [0.25, 0.3) is 0 Å². The Morgan fingerprint density at radius 2 is 1.95 bits per heavy atom. The van der Waals surface area contributed by atoms with Gasteiger partial charge in [-0.15, -0.1) is 24.9 Å². The van der Waals surface area contributed by atoms with Crippen LogP contribution in [-0.4, -0.2) is 22.4 Å². The van der Waals surface area contributed by atoms with Crippen LogP contribution in [-0.2, 0) is 0 Å². The van der Waals surface area contributed by atoms with Crippen LogP contribution in [0.25, 0.3) is 0 Å². The van der Waals surface area contributed by atoms with Crippen molar-refractivity contribution in [3.05, 3.63) is 55.1 Å². The molecule has 0 radical (unpaired) electrons. The zero-order valence-electron chi connectivity index (χ0n) is 11.2. The molecule has 19 heavy (non-hydrogen) atoms. The molecule has 0 aliphatic rings. The molecule has 1 aromatic rings. The standard InChI is InChI=1S/C16H21NOS/c1-3-5-9-13-19-16(17-12-6-4-2)14-10-7-8-11-15(14)18/h3-4,7-8,10-11,18H,1-2,5-6,9,12-13H2. The Hall–Kier alpha value is -1.48. The molecule has 1 N–H and O–H groups in total. The van der Waals surface area contributed by atoms with E-state index in [1.165, 1.54) is 0 Å². The fourth-order valence-electron chi connectivity index (χ4n) is 1.52. The minimum atomic E-state index is 0.288. The van der Waals surface area contributed by atoms with Crippen LogP contribution in [0.1, 0.15) is 24.8 Å². The molecule has 102 valence electrons. The molecular weight excluding hydrogens is 254 g/mol. The van der Waals surface area contributed by atoms with Crippen LogP contribution >= 0.6 is 11.8 Å². The largest absolute Gasteiger partial charge is 0.507 e. The van der Waals surface area contributed by atoms with E-state index >= 15 is 0 Å². The predicted molar refractivity (Wildman–Crippen MR) is 86.2 cm³/mol. The van der Waals surface area contributed by atoms with Crippen molar-refractivity contribution in [3.8, 4) is 5.75 Å². The molecule has 1 rings (SSSR count). The van der Waals surface area contributed by atoms with Crippen molar-refractivity contribution in [1.29, 1.82) is 0 Å². The van der Waals surface area contributed by atoms with Crippen molar-refractivity contribution in [3.63, 3.8) is 0 Å². The molecule has 0 aromatic heterocycles. The van der Waals surface area contributed by atoms with Crippen LogP contribution < -0.4 is 0 Å². The third-order valence-corrected chi connectivity index (χ3v) is 3.63. The molecule has 0 fully saturated rings. The third kappa shape index (κ3) is 5.79. The number of benzene rings is 1. The van der Waals surface area contributed by atoms with Crippen molar-refractivity contribution in [2.45, 2.75) is 19.3 Å². The van der Waals surface area contributed by atoms with Crippen LogP contribution in [0.3, 0.4) is 0 Å². The number of allylic oxidation sites excluding steroid dienone is 1. The summed E-state index contributed by atoms with van der Waals surface area (Å²) in [5.74, 6) is 1.27. The van der Waals surface area contributed by atoms with E-state index in [1.807, 2.05) is 30.4 Å². The topological polar surface area (TPSA) is 32.6 Å². The highest BCUT2D eigenvalue weighted by atomic mass is 32.2. The lowest BCUT2D eigenvalue weighted by Gasteiger charge is -2.08. The molecule has 0 aliphatic carbocycles. The second kappa shape index (κ2) is 9.45. The molecule has 0 aliphatic heterocycles. The van der Waals surface area contributed by atoms with Gasteiger partial charge in [-0.25, -0.2) is 0 Å². The lowest BCUT2D eigenvalue weighted by atomic mass is 10.2.